The highest BCUT2D eigenvalue weighted by atomic mass is 79.9. The van der Waals surface area contributed by atoms with Crippen LogP contribution in [0.3, 0.4) is 0 Å². The van der Waals surface area contributed by atoms with E-state index in [-0.39, 0.29) is 5.82 Å². The number of alkyl halides is 2. The van der Waals surface area contributed by atoms with Gasteiger partial charge in [-0.25, -0.2) is 4.39 Å². The van der Waals surface area contributed by atoms with Crippen molar-refractivity contribution < 1.29 is 13.9 Å². The van der Waals surface area contributed by atoms with Crippen molar-refractivity contribution in [3.05, 3.63) is 30.1 Å². The highest BCUT2D eigenvalue weighted by Gasteiger charge is 2.15. The Labute approximate surface area is 97.7 Å². The molecule has 0 amide bonds. The van der Waals surface area contributed by atoms with E-state index in [1.807, 2.05) is 0 Å². The summed E-state index contributed by atoms with van der Waals surface area (Å²) >= 11 is 6.25. The molecule has 2 nitrogen and oxygen atoms in total. The molecule has 0 saturated heterocycles. The minimum atomic E-state index is -0.409. The fourth-order valence-electron chi connectivity index (χ4n) is 0.746. The minimum Gasteiger partial charge on any atom is -0.426 e. The summed E-state index contributed by atoms with van der Waals surface area (Å²) in [5.74, 6) is -0.434. The van der Waals surface area contributed by atoms with Crippen LogP contribution in [0.25, 0.3) is 0 Å². The van der Waals surface area contributed by atoms with Gasteiger partial charge in [0.2, 0.25) is 0 Å². The molecule has 0 N–H and O–H groups in total. The lowest BCUT2D eigenvalue weighted by atomic mass is 10.3. The van der Waals surface area contributed by atoms with Crippen LogP contribution in [0.1, 0.15) is 0 Å². The molecule has 14 heavy (non-hydrogen) atoms. The molecule has 0 aliphatic rings. The van der Waals surface area contributed by atoms with Gasteiger partial charge in [-0.3, -0.25) is 4.79 Å². The van der Waals surface area contributed by atoms with Crippen molar-refractivity contribution in [1.29, 1.82) is 0 Å². The molecule has 0 aliphatic carbocycles. The number of carbonyl (C=O) groups excluding carboxylic acids is 1. The van der Waals surface area contributed by atoms with E-state index in [2.05, 4.69) is 31.9 Å². The third-order valence-corrected chi connectivity index (χ3v) is 3.64. The Kier molecular flexibility index (Phi) is 4.54. The van der Waals surface area contributed by atoms with Crippen LogP contribution >= 0.6 is 31.9 Å². The summed E-state index contributed by atoms with van der Waals surface area (Å²) in [4.78, 5) is 10.8. The predicted molar refractivity (Wildman–Crippen MR) is 58.5 cm³/mol. The molecule has 1 aromatic carbocycles. The Balaban J connectivity index is 2.60. The van der Waals surface area contributed by atoms with E-state index in [9.17, 15) is 9.18 Å². The summed E-state index contributed by atoms with van der Waals surface area (Å²) in [6, 6.07) is 5.28. The summed E-state index contributed by atoms with van der Waals surface area (Å²) in [5.41, 5.74) is 0. The van der Waals surface area contributed by atoms with Crippen molar-refractivity contribution in [2.45, 2.75) is 4.83 Å². The summed E-state index contributed by atoms with van der Waals surface area (Å²) in [6.07, 6.45) is 0. The fraction of sp³-hybridized carbons (Fsp3) is 0.222. The molecule has 0 spiro atoms. The van der Waals surface area contributed by atoms with E-state index in [0.717, 1.165) is 0 Å². The maximum absolute atomic E-state index is 12.5. The molecule has 0 heterocycles. The van der Waals surface area contributed by atoms with Gasteiger partial charge in [0.25, 0.3) is 0 Å². The summed E-state index contributed by atoms with van der Waals surface area (Å²) < 4.78 is 17.4. The van der Waals surface area contributed by atoms with Crippen molar-refractivity contribution in [2.24, 2.45) is 0 Å². The van der Waals surface area contributed by atoms with Gasteiger partial charge in [-0.15, -0.1) is 0 Å². The topological polar surface area (TPSA) is 26.3 Å². The van der Waals surface area contributed by atoms with Crippen LogP contribution in [0.4, 0.5) is 4.39 Å². The Morgan fingerprint density at radius 2 is 2.00 bits per heavy atom. The van der Waals surface area contributed by atoms with E-state index in [1.165, 1.54) is 24.3 Å². The largest absolute Gasteiger partial charge is 0.426 e. The first-order chi connectivity index (χ1) is 6.63. The van der Waals surface area contributed by atoms with E-state index >= 15 is 0 Å². The molecule has 0 fully saturated rings. The van der Waals surface area contributed by atoms with Gasteiger partial charge in [0.15, 0.2) is 0 Å². The third kappa shape index (κ3) is 3.38. The van der Waals surface area contributed by atoms with Crippen LogP contribution in [-0.2, 0) is 4.79 Å². The fourth-order valence-corrected chi connectivity index (χ4v) is 1.10. The van der Waals surface area contributed by atoms with Crippen LogP contribution in [0, 0.1) is 5.82 Å². The zero-order chi connectivity index (χ0) is 10.6. The SMILES string of the molecule is O=C(Oc1ccc(F)cc1)C(Br)CBr. The average molecular weight is 326 g/mol. The first kappa shape index (κ1) is 11.7. The van der Waals surface area contributed by atoms with Crippen LogP contribution in [0.15, 0.2) is 24.3 Å². The van der Waals surface area contributed by atoms with Gasteiger partial charge in [-0.05, 0) is 24.3 Å². The van der Waals surface area contributed by atoms with E-state index in [4.69, 9.17) is 4.74 Å². The Morgan fingerprint density at radius 1 is 1.43 bits per heavy atom. The van der Waals surface area contributed by atoms with Gasteiger partial charge in [-0.2, -0.15) is 0 Å². The molecule has 0 aromatic heterocycles. The molecule has 0 aliphatic heterocycles. The number of hydrogen-bond donors (Lipinski definition) is 0. The Bertz CT molecular complexity index is 313. The molecule has 0 radical (unpaired) electrons. The Hall–Kier alpha value is -0.420. The number of carbonyl (C=O) groups is 1. The van der Waals surface area contributed by atoms with Gasteiger partial charge in [-0.1, -0.05) is 31.9 Å². The normalized spacial score (nSPS) is 12.2. The second kappa shape index (κ2) is 5.46. The lowest BCUT2D eigenvalue weighted by Crippen LogP contribution is -2.21. The molecule has 5 heteroatoms. The highest BCUT2D eigenvalue weighted by molar-refractivity contribution is 9.12. The van der Waals surface area contributed by atoms with Crippen LogP contribution in [-0.4, -0.2) is 16.1 Å². The predicted octanol–water partition coefficient (Wildman–Crippen LogP) is 2.89. The monoisotopic (exact) mass is 324 g/mol. The Morgan fingerprint density at radius 3 is 2.50 bits per heavy atom. The summed E-state index contributed by atoms with van der Waals surface area (Å²) in [6.45, 7) is 0. The van der Waals surface area contributed by atoms with Crippen molar-refractivity contribution >= 4 is 37.8 Å². The van der Waals surface area contributed by atoms with Gasteiger partial charge >= 0.3 is 5.97 Å². The maximum atomic E-state index is 12.5. The number of ether oxygens (including phenoxy) is 1. The van der Waals surface area contributed by atoms with E-state index in [1.54, 1.807) is 0 Å². The molecule has 76 valence electrons. The maximum Gasteiger partial charge on any atom is 0.325 e. The minimum absolute atomic E-state index is 0.335. The number of rotatable bonds is 3. The highest BCUT2D eigenvalue weighted by Crippen LogP contribution is 2.14. The standard InChI is InChI=1S/C9H7Br2FO2/c10-5-8(11)9(13)14-7-3-1-6(12)2-4-7/h1-4,8H,5H2. The lowest BCUT2D eigenvalue weighted by molar-refractivity contribution is -0.133. The van der Waals surface area contributed by atoms with Gasteiger partial charge < -0.3 is 4.74 Å². The second-order valence-corrected chi connectivity index (χ2v) is 4.25. The molecule has 1 atom stereocenters. The molecular weight excluding hydrogens is 319 g/mol. The van der Waals surface area contributed by atoms with Crippen LogP contribution in [0.5, 0.6) is 5.75 Å². The first-order valence-electron chi connectivity index (χ1n) is 3.81. The van der Waals surface area contributed by atoms with Gasteiger partial charge in [0.1, 0.15) is 16.4 Å². The lowest BCUT2D eigenvalue weighted by Gasteiger charge is -2.06. The molecule has 1 aromatic rings. The number of halogens is 3. The van der Waals surface area contributed by atoms with Crippen molar-refractivity contribution in [3.63, 3.8) is 0 Å². The third-order valence-electron chi connectivity index (χ3n) is 1.42. The zero-order valence-electron chi connectivity index (χ0n) is 7.04. The van der Waals surface area contributed by atoms with Crippen molar-refractivity contribution in [2.75, 3.05) is 5.33 Å². The summed E-state index contributed by atoms with van der Waals surface area (Å²) in [5, 5.41) is 0.465. The first-order valence-corrected chi connectivity index (χ1v) is 5.84. The van der Waals surface area contributed by atoms with E-state index in [0.29, 0.717) is 11.1 Å². The quantitative estimate of drug-likeness (QED) is 0.485. The average Bonchev–Trinajstić information content (AvgIpc) is 2.20. The number of benzene rings is 1. The van der Waals surface area contributed by atoms with Crippen molar-refractivity contribution in [1.82, 2.24) is 0 Å². The number of esters is 1. The van der Waals surface area contributed by atoms with Crippen molar-refractivity contribution in [3.8, 4) is 5.75 Å². The zero-order valence-corrected chi connectivity index (χ0v) is 10.2. The van der Waals surface area contributed by atoms with Crippen LogP contribution < -0.4 is 4.74 Å². The second-order valence-electron chi connectivity index (χ2n) is 2.50. The molecule has 0 saturated carbocycles. The van der Waals surface area contributed by atoms with Gasteiger partial charge in [0, 0.05) is 5.33 Å². The smallest absolute Gasteiger partial charge is 0.325 e. The van der Waals surface area contributed by atoms with Crippen LogP contribution in [0.2, 0.25) is 0 Å². The number of hydrogen-bond acceptors (Lipinski definition) is 2. The van der Waals surface area contributed by atoms with Gasteiger partial charge in [0.05, 0.1) is 0 Å². The molecule has 1 unspecified atom stereocenters. The molecule has 0 bridgehead atoms. The van der Waals surface area contributed by atoms with E-state index < -0.39 is 10.8 Å². The molecule has 1 rings (SSSR count). The molecular formula is C9H7Br2FO2. The summed E-state index contributed by atoms with van der Waals surface area (Å²) in [7, 11) is 0.